The van der Waals surface area contributed by atoms with Gasteiger partial charge in [-0.1, -0.05) is 35.3 Å². The molecule has 1 atom stereocenters. The molecule has 116 valence electrons. The molecule has 1 aliphatic heterocycles. The molecule has 0 spiro atoms. The Labute approximate surface area is 139 Å². The zero-order chi connectivity index (χ0) is 15.9. The Hall–Kier alpha value is -1.43. The van der Waals surface area contributed by atoms with E-state index in [1.807, 2.05) is 0 Å². The van der Waals surface area contributed by atoms with Crippen molar-refractivity contribution in [2.24, 2.45) is 0 Å². The van der Waals surface area contributed by atoms with E-state index in [1.165, 1.54) is 16.4 Å². The summed E-state index contributed by atoms with van der Waals surface area (Å²) in [5, 5.41) is 0.456. The SMILES string of the molecule is C[C@@H]1COc2ccccc2N1S(=O)(=O)c1cc(Cl)ccc1Cl. The van der Waals surface area contributed by atoms with Gasteiger partial charge >= 0.3 is 0 Å². The topological polar surface area (TPSA) is 46.6 Å². The molecule has 4 nitrogen and oxygen atoms in total. The van der Waals surface area contributed by atoms with Crippen LogP contribution in [-0.4, -0.2) is 21.1 Å². The molecular formula is C15H13Cl2NO3S. The van der Waals surface area contributed by atoms with Gasteiger partial charge in [-0.25, -0.2) is 8.42 Å². The van der Waals surface area contributed by atoms with Gasteiger partial charge in [0, 0.05) is 5.02 Å². The first-order chi connectivity index (χ1) is 10.4. The molecule has 0 N–H and O–H groups in total. The fourth-order valence-electron chi connectivity index (χ4n) is 2.42. The molecule has 2 aromatic rings. The zero-order valence-corrected chi connectivity index (χ0v) is 14.0. The third-order valence-electron chi connectivity index (χ3n) is 3.41. The van der Waals surface area contributed by atoms with Crippen molar-refractivity contribution in [3.05, 3.63) is 52.5 Å². The molecule has 0 saturated heterocycles. The number of anilines is 1. The van der Waals surface area contributed by atoms with Crippen LogP contribution in [0.3, 0.4) is 0 Å². The van der Waals surface area contributed by atoms with Crippen molar-refractivity contribution >= 4 is 38.9 Å². The van der Waals surface area contributed by atoms with Crippen molar-refractivity contribution < 1.29 is 13.2 Å². The Morgan fingerprint density at radius 1 is 1.18 bits per heavy atom. The minimum Gasteiger partial charge on any atom is -0.489 e. The van der Waals surface area contributed by atoms with Gasteiger partial charge in [0.25, 0.3) is 10.0 Å². The second-order valence-electron chi connectivity index (χ2n) is 5.00. The minimum absolute atomic E-state index is 0.00906. The summed E-state index contributed by atoms with van der Waals surface area (Å²) in [4.78, 5) is -0.00906. The first kappa shape index (κ1) is 15.5. The number of fused-ring (bicyclic) bond motifs is 1. The molecule has 3 rings (SSSR count). The lowest BCUT2D eigenvalue weighted by Gasteiger charge is -2.35. The lowest BCUT2D eigenvalue weighted by atomic mass is 10.2. The number of rotatable bonds is 2. The number of sulfonamides is 1. The van der Waals surface area contributed by atoms with Crippen LogP contribution in [0.4, 0.5) is 5.69 Å². The van der Waals surface area contributed by atoms with E-state index >= 15 is 0 Å². The lowest BCUT2D eigenvalue weighted by Crippen LogP contribution is -2.45. The number of hydrogen-bond acceptors (Lipinski definition) is 3. The van der Waals surface area contributed by atoms with Crippen LogP contribution in [0.25, 0.3) is 0 Å². The van der Waals surface area contributed by atoms with Gasteiger partial charge in [-0.15, -0.1) is 0 Å². The smallest absolute Gasteiger partial charge is 0.266 e. The summed E-state index contributed by atoms with van der Waals surface area (Å²) in [7, 11) is -3.84. The Morgan fingerprint density at radius 3 is 2.68 bits per heavy atom. The molecule has 1 aliphatic rings. The van der Waals surface area contributed by atoms with E-state index < -0.39 is 10.0 Å². The van der Waals surface area contributed by atoms with Gasteiger partial charge in [-0.2, -0.15) is 0 Å². The van der Waals surface area contributed by atoms with Gasteiger partial charge in [0.15, 0.2) is 0 Å². The number of ether oxygens (including phenoxy) is 1. The van der Waals surface area contributed by atoms with Crippen LogP contribution < -0.4 is 9.04 Å². The average molecular weight is 358 g/mol. The summed E-state index contributed by atoms with van der Waals surface area (Å²) < 4.78 is 33.0. The van der Waals surface area contributed by atoms with Crippen LogP contribution in [-0.2, 0) is 10.0 Å². The highest BCUT2D eigenvalue weighted by molar-refractivity contribution is 7.93. The molecule has 1 heterocycles. The van der Waals surface area contributed by atoms with Crippen molar-refractivity contribution in [2.75, 3.05) is 10.9 Å². The maximum absolute atomic E-state index is 13.1. The highest BCUT2D eigenvalue weighted by atomic mass is 35.5. The summed E-state index contributed by atoms with van der Waals surface area (Å²) in [6, 6.07) is 11.1. The first-order valence-corrected chi connectivity index (χ1v) is 8.82. The van der Waals surface area contributed by atoms with Crippen LogP contribution in [0.5, 0.6) is 5.75 Å². The van der Waals surface area contributed by atoms with Crippen molar-refractivity contribution in [2.45, 2.75) is 17.9 Å². The molecule has 0 aliphatic carbocycles. The maximum atomic E-state index is 13.1. The van der Waals surface area contributed by atoms with Gasteiger partial charge in [0.2, 0.25) is 0 Å². The summed E-state index contributed by atoms with van der Waals surface area (Å²) in [6.07, 6.45) is 0. The van der Waals surface area contributed by atoms with Gasteiger partial charge in [-0.05, 0) is 37.3 Å². The van der Waals surface area contributed by atoms with Gasteiger partial charge < -0.3 is 4.74 Å². The normalized spacial score (nSPS) is 17.8. The van der Waals surface area contributed by atoms with E-state index in [1.54, 1.807) is 37.3 Å². The molecule has 0 aromatic heterocycles. The van der Waals surface area contributed by atoms with Gasteiger partial charge in [0.1, 0.15) is 17.3 Å². The van der Waals surface area contributed by atoms with Crippen LogP contribution in [0.2, 0.25) is 10.0 Å². The quantitative estimate of drug-likeness (QED) is 0.816. The average Bonchev–Trinajstić information content (AvgIpc) is 2.49. The number of halogens is 2. The van der Waals surface area contributed by atoms with Gasteiger partial charge in [0.05, 0.1) is 16.8 Å². The number of nitrogens with zero attached hydrogens (tertiary/aromatic N) is 1. The Balaban J connectivity index is 2.19. The zero-order valence-electron chi connectivity index (χ0n) is 11.7. The van der Waals surface area contributed by atoms with Crippen molar-refractivity contribution in [3.8, 4) is 5.75 Å². The number of hydrogen-bond donors (Lipinski definition) is 0. The highest BCUT2D eigenvalue weighted by Gasteiger charge is 2.36. The van der Waals surface area contributed by atoms with E-state index in [4.69, 9.17) is 27.9 Å². The van der Waals surface area contributed by atoms with Crippen molar-refractivity contribution in [1.29, 1.82) is 0 Å². The Kier molecular flexibility index (Phi) is 3.97. The number of para-hydroxylation sites is 2. The van der Waals surface area contributed by atoms with Crippen molar-refractivity contribution in [1.82, 2.24) is 0 Å². The van der Waals surface area contributed by atoms with E-state index in [0.717, 1.165) is 0 Å². The fraction of sp³-hybridized carbons (Fsp3) is 0.200. The lowest BCUT2D eigenvalue weighted by molar-refractivity contribution is 0.281. The van der Waals surface area contributed by atoms with Crippen LogP contribution in [0.15, 0.2) is 47.4 Å². The van der Waals surface area contributed by atoms with Crippen LogP contribution >= 0.6 is 23.2 Å². The summed E-state index contributed by atoms with van der Waals surface area (Å²) in [6.45, 7) is 2.06. The largest absolute Gasteiger partial charge is 0.489 e. The maximum Gasteiger partial charge on any atom is 0.266 e. The predicted octanol–water partition coefficient (Wildman–Crippen LogP) is 3.97. The van der Waals surface area contributed by atoms with E-state index in [0.29, 0.717) is 16.5 Å². The summed E-state index contributed by atoms with van der Waals surface area (Å²) in [5.41, 5.74) is 0.497. The summed E-state index contributed by atoms with van der Waals surface area (Å²) >= 11 is 12.0. The van der Waals surface area contributed by atoms with Gasteiger partial charge in [-0.3, -0.25) is 4.31 Å². The molecule has 0 radical (unpaired) electrons. The molecular weight excluding hydrogens is 345 g/mol. The molecule has 0 bridgehead atoms. The third kappa shape index (κ3) is 2.53. The first-order valence-electron chi connectivity index (χ1n) is 6.62. The third-order valence-corrected chi connectivity index (χ3v) is 6.06. The van der Waals surface area contributed by atoms with Crippen LogP contribution in [0.1, 0.15) is 6.92 Å². The van der Waals surface area contributed by atoms with E-state index in [2.05, 4.69) is 0 Å². The molecule has 2 aromatic carbocycles. The fourth-order valence-corrected chi connectivity index (χ4v) is 4.82. The molecule has 0 fully saturated rings. The molecule has 0 amide bonds. The minimum atomic E-state index is -3.84. The Bertz CT molecular complexity index is 823. The second-order valence-corrected chi connectivity index (χ2v) is 7.63. The molecule has 7 heteroatoms. The predicted molar refractivity (Wildman–Crippen MR) is 87.5 cm³/mol. The van der Waals surface area contributed by atoms with Crippen LogP contribution in [0, 0.1) is 0 Å². The monoisotopic (exact) mass is 357 g/mol. The number of benzene rings is 2. The van der Waals surface area contributed by atoms with E-state index in [-0.39, 0.29) is 22.6 Å². The highest BCUT2D eigenvalue weighted by Crippen LogP contribution is 2.39. The Morgan fingerprint density at radius 2 is 1.91 bits per heavy atom. The van der Waals surface area contributed by atoms with E-state index in [9.17, 15) is 8.42 Å². The molecule has 0 unspecified atom stereocenters. The molecule has 22 heavy (non-hydrogen) atoms. The summed E-state index contributed by atoms with van der Waals surface area (Å²) in [5.74, 6) is 0.530. The molecule has 0 saturated carbocycles. The van der Waals surface area contributed by atoms with Crippen molar-refractivity contribution in [3.63, 3.8) is 0 Å². The standard InChI is InChI=1S/C15H13Cl2NO3S/c1-10-9-21-14-5-3-2-4-13(14)18(10)22(19,20)15-8-11(16)6-7-12(15)17/h2-8,10H,9H2,1H3/t10-/m1/s1. The second kappa shape index (κ2) is 5.65.